The summed E-state index contributed by atoms with van der Waals surface area (Å²) in [6, 6.07) is 12.0. The first-order valence-electron chi connectivity index (χ1n) is 8.11. The van der Waals surface area contributed by atoms with Crippen LogP contribution in [0.3, 0.4) is 0 Å². The van der Waals surface area contributed by atoms with Crippen LogP contribution < -0.4 is 14.8 Å². The molecule has 1 aliphatic heterocycles. The number of benzene rings is 2. The van der Waals surface area contributed by atoms with Gasteiger partial charge in [-0.3, -0.25) is 9.69 Å². The Hall–Kier alpha value is -3.09. The molecule has 7 heteroatoms. The van der Waals surface area contributed by atoms with E-state index in [9.17, 15) is 14.0 Å². The van der Waals surface area contributed by atoms with Crippen LogP contribution in [-0.4, -0.2) is 37.1 Å². The predicted octanol–water partition coefficient (Wildman–Crippen LogP) is 2.68. The number of carbonyl (C=O) groups excluding carboxylic acids is 2. The zero-order valence-corrected chi connectivity index (χ0v) is 14.5. The van der Waals surface area contributed by atoms with Gasteiger partial charge in [0.05, 0.1) is 13.7 Å². The summed E-state index contributed by atoms with van der Waals surface area (Å²) in [5.74, 6) is 0.520. The molecular formula is C19H19FN2O4. The molecule has 3 amide bonds. The second-order valence-electron chi connectivity index (χ2n) is 6.04. The maximum absolute atomic E-state index is 13.1. The van der Waals surface area contributed by atoms with Crippen molar-refractivity contribution in [2.75, 3.05) is 20.3 Å². The first kappa shape index (κ1) is 17.7. The van der Waals surface area contributed by atoms with Crippen molar-refractivity contribution in [3.05, 3.63) is 59.9 Å². The SMILES string of the molecule is COc1ccc(OCCN2C(=O)NC(C)(c3ccc(F)cc3)C2=O)cc1. The number of nitrogens with one attached hydrogen (secondary N) is 1. The van der Waals surface area contributed by atoms with Gasteiger partial charge in [0.1, 0.15) is 29.5 Å². The molecule has 1 N–H and O–H groups in total. The number of imide groups is 1. The van der Waals surface area contributed by atoms with Gasteiger partial charge in [0.15, 0.2) is 0 Å². The number of methoxy groups -OCH3 is 1. The maximum Gasteiger partial charge on any atom is 0.325 e. The lowest BCUT2D eigenvalue weighted by molar-refractivity contribution is -0.131. The number of hydrogen-bond donors (Lipinski definition) is 1. The second-order valence-corrected chi connectivity index (χ2v) is 6.04. The molecule has 0 aliphatic carbocycles. The van der Waals surface area contributed by atoms with Gasteiger partial charge in [-0.15, -0.1) is 0 Å². The predicted molar refractivity (Wildman–Crippen MR) is 92.5 cm³/mol. The number of nitrogens with zero attached hydrogens (tertiary/aromatic N) is 1. The standard InChI is InChI=1S/C19H19FN2O4/c1-19(13-3-5-14(20)6-4-13)17(23)22(18(24)21-19)11-12-26-16-9-7-15(25-2)8-10-16/h3-10H,11-12H2,1-2H3,(H,21,24). The molecule has 3 rings (SSSR count). The minimum atomic E-state index is -1.22. The molecule has 0 aromatic heterocycles. The molecule has 2 aromatic rings. The highest BCUT2D eigenvalue weighted by Crippen LogP contribution is 2.28. The summed E-state index contributed by atoms with van der Waals surface area (Å²) >= 11 is 0. The monoisotopic (exact) mass is 358 g/mol. The summed E-state index contributed by atoms with van der Waals surface area (Å²) in [4.78, 5) is 26.0. The molecule has 1 heterocycles. The highest BCUT2D eigenvalue weighted by Gasteiger charge is 2.48. The van der Waals surface area contributed by atoms with E-state index in [0.29, 0.717) is 17.1 Å². The van der Waals surface area contributed by atoms with Crippen LogP contribution >= 0.6 is 0 Å². The summed E-state index contributed by atoms with van der Waals surface area (Å²) in [5, 5.41) is 2.67. The van der Waals surface area contributed by atoms with Crippen molar-refractivity contribution in [2.45, 2.75) is 12.5 Å². The van der Waals surface area contributed by atoms with Crippen molar-refractivity contribution in [2.24, 2.45) is 0 Å². The van der Waals surface area contributed by atoms with Crippen LogP contribution in [0.15, 0.2) is 48.5 Å². The minimum Gasteiger partial charge on any atom is -0.497 e. The van der Waals surface area contributed by atoms with Crippen LogP contribution in [0.25, 0.3) is 0 Å². The fourth-order valence-electron chi connectivity index (χ4n) is 2.81. The molecule has 6 nitrogen and oxygen atoms in total. The first-order valence-corrected chi connectivity index (χ1v) is 8.11. The molecule has 0 saturated carbocycles. The van der Waals surface area contributed by atoms with Gasteiger partial charge in [-0.25, -0.2) is 9.18 Å². The number of halogens is 1. The lowest BCUT2D eigenvalue weighted by Gasteiger charge is -2.22. The summed E-state index contributed by atoms with van der Waals surface area (Å²) < 4.78 is 23.8. The molecule has 26 heavy (non-hydrogen) atoms. The number of urea groups is 1. The quantitative estimate of drug-likeness (QED) is 0.806. The van der Waals surface area contributed by atoms with Crippen molar-refractivity contribution < 1.29 is 23.5 Å². The van der Waals surface area contributed by atoms with E-state index in [0.717, 1.165) is 4.90 Å². The Morgan fingerprint density at radius 3 is 2.27 bits per heavy atom. The third-order valence-electron chi connectivity index (χ3n) is 4.34. The van der Waals surface area contributed by atoms with Crippen LogP contribution in [0.2, 0.25) is 0 Å². The van der Waals surface area contributed by atoms with Gasteiger partial charge < -0.3 is 14.8 Å². The molecule has 0 spiro atoms. The Bertz CT molecular complexity index is 807. The van der Waals surface area contributed by atoms with Gasteiger partial charge in [0.2, 0.25) is 0 Å². The zero-order valence-electron chi connectivity index (χ0n) is 14.5. The van der Waals surface area contributed by atoms with Crippen LogP contribution in [0.4, 0.5) is 9.18 Å². The van der Waals surface area contributed by atoms with Crippen molar-refractivity contribution in [1.29, 1.82) is 0 Å². The van der Waals surface area contributed by atoms with Gasteiger partial charge in [-0.05, 0) is 48.9 Å². The maximum atomic E-state index is 13.1. The van der Waals surface area contributed by atoms with E-state index in [4.69, 9.17) is 9.47 Å². The molecular weight excluding hydrogens is 339 g/mol. The van der Waals surface area contributed by atoms with Gasteiger partial charge in [0.25, 0.3) is 5.91 Å². The molecule has 1 unspecified atom stereocenters. The van der Waals surface area contributed by atoms with Gasteiger partial charge in [-0.2, -0.15) is 0 Å². The number of hydrogen-bond acceptors (Lipinski definition) is 4. The Morgan fingerprint density at radius 2 is 1.65 bits per heavy atom. The van der Waals surface area contributed by atoms with E-state index in [2.05, 4.69) is 5.32 Å². The van der Waals surface area contributed by atoms with Crippen molar-refractivity contribution in [1.82, 2.24) is 10.2 Å². The average Bonchev–Trinajstić information content (AvgIpc) is 2.86. The van der Waals surface area contributed by atoms with E-state index in [1.807, 2.05) is 0 Å². The molecule has 0 bridgehead atoms. The normalized spacial score (nSPS) is 19.4. The molecule has 0 radical (unpaired) electrons. The topological polar surface area (TPSA) is 67.9 Å². The lowest BCUT2D eigenvalue weighted by Crippen LogP contribution is -2.41. The third kappa shape index (κ3) is 3.33. The number of ether oxygens (including phenoxy) is 2. The van der Waals surface area contributed by atoms with Crippen LogP contribution in [0.1, 0.15) is 12.5 Å². The largest absolute Gasteiger partial charge is 0.497 e. The van der Waals surface area contributed by atoms with Crippen LogP contribution in [-0.2, 0) is 10.3 Å². The van der Waals surface area contributed by atoms with Crippen LogP contribution in [0.5, 0.6) is 11.5 Å². The highest BCUT2D eigenvalue weighted by atomic mass is 19.1. The van der Waals surface area contributed by atoms with Crippen molar-refractivity contribution in [3.63, 3.8) is 0 Å². The molecule has 136 valence electrons. The Balaban J connectivity index is 1.64. The second kappa shape index (κ2) is 7.03. The molecule has 1 saturated heterocycles. The van der Waals surface area contributed by atoms with Crippen LogP contribution in [0, 0.1) is 5.82 Å². The van der Waals surface area contributed by atoms with Gasteiger partial charge in [0, 0.05) is 0 Å². The zero-order chi connectivity index (χ0) is 18.7. The number of carbonyl (C=O) groups is 2. The first-order chi connectivity index (χ1) is 12.4. The lowest BCUT2D eigenvalue weighted by atomic mass is 9.92. The van der Waals surface area contributed by atoms with E-state index in [1.54, 1.807) is 38.3 Å². The molecule has 1 atom stereocenters. The Labute approximate surface area is 150 Å². The smallest absolute Gasteiger partial charge is 0.325 e. The van der Waals surface area contributed by atoms with Gasteiger partial charge >= 0.3 is 6.03 Å². The van der Waals surface area contributed by atoms with E-state index >= 15 is 0 Å². The fourth-order valence-corrected chi connectivity index (χ4v) is 2.81. The van der Waals surface area contributed by atoms with Gasteiger partial charge in [-0.1, -0.05) is 12.1 Å². The summed E-state index contributed by atoms with van der Waals surface area (Å²) in [6.45, 7) is 1.86. The van der Waals surface area contributed by atoms with Crippen molar-refractivity contribution >= 4 is 11.9 Å². The molecule has 1 fully saturated rings. The summed E-state index contributed by atoms with van der Waals surface area (Å²) in [6.07, 6.45) is 0. The number of rotatable bonds is 6. The highest BCUT2D eigenvalue weighted by molar-refractivity contribution is 6.07. The van der Waals surface area contributed by atoms with E-state index < -0.39 is 23.3 Å². The average molecular weight is 358 g/mol. The van der Waals surface area contributed by atoms with E-state index in [1.165, 1.54) is 24.3 Å². The Morgan fingerprint density at radius 1 is 1.04 bits per heavy atom. The fraction of sp³-hybridized carbons (Fsp3) is 0.263. The summed E-state index contributed by atoms with van der Waals surface area (Å²) in [5.41, 5.74) is -0.693. The molecule has 1 aliphatic rings. The third-order valence-corrected chi connectivity index (χ3v) is 4.34. The number of amides is 3. The summed E-state index contributed by atoms with van der Waals surface area (Å²) in [7, 11) is 1.57. The minimum absolute atomic E-state index is 0.105. The molecule has 2 aromatic carbocycles. The Kier molecular flexibility index (Phi) is 4.79. The van der Waals surface area contributed by atoms with E-state index in [-0.39, 0.29) is 13.2 Å². The van der Waals surface area contributed by atoms with Crippen molar-refractivity contribution in [3.8, 4) is 11.5 Å².